The van der Waals surface area contributed by atoms with Gasteiger partial charge in [-0.25, -0.2) is 0 Å². The fraction of sp³-hybridized carbons (Fsp3) is 0. The van der Waals surface area contributed by atoms with Crippen molar-refractivity contribution in [2.24, 2.45) is 0 Å². The van der Waals surface area contributed by atoms with Gasteiger partial charge in [-0.3, -0.25) is 0 Å². The number of aromatic nitrogens is 1. The number of hydrogen-bond acceptors (Lipinski definition) is 2. The summed E-state index contributed by atoms with van der Waals surface area (Å²) < 4.78 is 8.01. The molecule has 208 valence electrons. The van der Waals surface area contributed by atoms with Crippen LogP contribution in [0.25, 0.3) is 100 Å². The summed E-state index contributed by atoms with van der Waals surface area (Å²) in [6, 6.07) is 51.7. The van der Waals surface area contributed by atoms with Gasteiger partial charge in [-0.1, -0.05) is 109 Å². The smallest absolute Gasteiger partial charge is 0.0648 e. The zero-order chi connectivity index (χ0) is 29.2. The quantitative estimate of drug-likeness (QED) is 0.164. The first kappa shape index (κ1) is 24.1. The number of benzene rings is 8. The lowest BCUT2D eigenvalue weighted by molar-refractivity contribution is 1.19. The highest BCUT2D eigenvalue weighted by Gasteiger charge is 2.24. The van der Waals surface area contributed by atoms with Crippen LogP contribution in [0.5, 0.6) is 0 Å². The fourth-order valence-corrected chi connectivity index (χ4v) is 10.5. The van der Waals surface area contributed by atoms with Crippen molar-refractivity contribution in [1.82, 2.24) is 4.57 Å². The summed E-state index contributed by atoms with van der Waals surface area (Å²) in [5.74, 6) is 0. The van der Waals surface area contributed by atoms with Gasteiger partial charge in [0.15, 0.2) is 0 Å². The van der Waals surface area contributed by atoms with E-state index < -0.39 is 0 Å². The molecule has 3 heterocycles. The van der Waals surface area contributed by atoms with Crippen LogP contribution in [0.2, 0.25) is 0 Å². The van der Waals surface area contributed by atoms with E-state index >= 15 is 0 Å². The van der Waals surface area contributed by atoms with Gasteiger partial charge in [0.2, 0.25) is 0 Å². The highest BCUT2D eigenvalue weighted by atomic mass is 32.1. The molecule has 0 bridgehead atoms. The molecule has 0 radical (unpaired) electrons. The molecule has 0 saturated carbocycles. The zero-order valence-corrected chi connectivity index (χ0v) is 25.7. The van der Waals surface area contributed by atoms with Crippen molar-refractivity contribution < 1.29 is 0 Å². The zero-order valence-electron chi connectivity index (χ0n) is 24.0. The van der Waals surface area contributed by atoms with Crippen molar-refractivity contribution in [3.8, 4) is 5.69 Å². The maximum Gasteiger partial charge on any atom is 0.0648 e. The Morgan fingerprint density at radius 1 is 0.356 bits per heavy atom. The number of thiophene rings is 2. The van der Waals surface area contributed by atoms with Crippen molar-refractivity contribution >= 4 is 117 Å². The van der Waals surface area contributed by atoms with Gasteiger partial charge in [0.25, 0.3) is 0 Å². The predicted molar refractivity (Wildman–Crippen MR) is 199 cm³/mol. The van der Waals surface area contributed by atoms with Gasteiger partial charge in [0, 0.05) is 56.8 Å². The molecule has 0 unspecified atom stereocenters. The summed E-state index contributed by atoms with van der Waals surface area (Å²) >= 11 is 3.88. The Balaban J connectivity index is 1.40. The van der Waals surface area contributed by atoms with Crippen LogP contribution >= 0.6 is 22.7 Å². The first-order chi connectivity index (χ1) is 22.3. The van der Waals surface area contributed by atoms with Crippen molar-refractivity contribution in [2.45, 2.75) is 0 Å². The summed E-state index contributed by atoms with van der Waals surface area (Å²) in [6.45, 7) is 0. The van der Waals surface area contributed by atoms with E-state index in [1.807, 2.05) is 22.7 Å². The summed E-state index contributed by atoms with van der Waals surface area (Å²) in [6.07, 6.45) is 0. The van der Waals surface area contributed by atoms with Crippen LogP contribution < -0.4 is 0 Å². The van der Waals surface area contributed by atoms with Crippen molar-refractivity contribution in [3.05, 3.63) is 140 Å². The normalized spacial score (nSPS) is 12.4. The molecular weight excluding hydrogens is 583 g/mol. The fourth-order valence-electron chi connectivity index (χ4n) is 7.91. The highest BCUT2D eigenvalue weighted by molar-refractivity contribution is 7.30. The first-order valence-electron chi connectivity index (χ1n) is 15.4. The number of nitrogens with zero attached hydrogens (tertiary/aromatic N) is 1. The van der Waals surface area contributed by atoms with Crippen LogP contribution in [-0.4, -0.2) is 4.57 Å². The standard InChI is InChI=1S/C42H23NS2/c1-2-13-27-25(11-1)26-12-3-4-14-28(26)33-23-24(21-22-29(27)33)43-34-18-8-5-15-30(34)37-40(43)38-31-16-6-9-19-35(31)44-42(38)39-32-17-7-10-20-36(32)45-41(37)39/h1-23H. The van der Waals surface area contributed by atoms with Crippen LogP contribution in [0.1, 0.15) is 0 Å². The maximum atomic E-state index is 2.55. The minimum atomic E-state index is 1.20. The second-order valence-electron chi connectivity index (χ2n) is 12.0. The molecule has 0 spiro atoms. The highest BCUT2D eigenvalue weighted by Crippen LogP contribution is 2.52. The molecule has 8 aromatic carbocycles. The second-order valence-corrected chi connectivity index (χ2v) is 14.1. The Morgan fingerprint density at radius 2 is 0.800 bits per heavy atom. The third-order valence-corrected chi connectivity index (χ3v) is 12.1. The molecule has 3 aromatic heterocycles. The molecular formula is C42H23NS2. The number of fused-ring (bicyclic) bond motifs is 18. The van der Waals surface area contributed by atoms with Crippen LogP contribution in [0.3, 0.4) is 0 Å². The average Bonchev–Trinajstić information content (AvgIpc) is 3.78. The number of para-hydroxylation sites is 1. The molecule has 0 aliphatic rings. The van der Waals surface area contributed by atoms with E-state index in [9.17, 15) is 0 Å². The molecule has 11 aromatic rings. The second kappa shape index (κ2) is 8.70. The van der Waals surface area contributed by atoms with E-state index in [1.54, 1.807) is 0 Å². The first-order valence-corrected chi connectivity index (χ1v) is 17.0. The lowest BCUT2D eigenvalue weighted by Crippen LogP contribution is -1.95. The summed E-state index contributed by atoms with van der Waals surface area (Å²) in [5.41, 5.74) is 3.76. The van der Waals surface area contributed by atoms with Gasteiger partial charge in [0.05, 0.1) is 11.0 Å². The molecule has 0 atom stereocenters. The molecule has 0 aliphatic carbocycles. The molecule has 1 nitrogen and oxygen atoms in total. The van der Waals surface area contributed by atoms with Crippen LogP contribution in [0.15, 0.2) is 140 Å². The molecule has 45 heavy (non-hydrogen) atoms. The van der Waals surface area contributed by atoms with Crippen molar-refractivity contribution in [1.29, 1.82) is 0 Å². The van der Waals surface area contributed by atoms with E-state index in [0.29, 0.717) is 0 Å². The van der Waals surface area contributed by atoms with Gasteiger partial charge in [-0.2, -0.15) is 0 Å². The van der Waals surface area contributed by atoms with Gasteiger partial charge >= 0.3 is 0 Å². The van der Waals surface area contributed by atoms with Crippen LogP contribution in [0, 0.1) is 0 Å². The van der Waals surface area contributed by atoms with E-state index in [0.717, 1.165) is 0 Å². The van der Waals surface area contributed by atoms with Gasteiger partial charge in [-0.05, 0) is 62.6 Å². The Bertz CT molecular complexity index is 2980. The third kappa shape index (κ3) is 3.07. The van der Waals surface area contributed by atoms with E-state index in [2.05, 4.69) is 144 Å². The molecule has 0 fully saturated rings. The Kier molecular flexibility index (Phi) is 4.67. The topological polar surface area (TPSA) is 4.93 Å². The molecule has 11 rings (SSSR count). The van der Waals surface area contributed by atoms with E-state index in [4.69, 9.17) is 0 Å². The van der Waals surface area contributed by atoms with Crippen molar-refractivity contribution in [2.75, 3.05) is 0 Å². The van der Waals surface area contributed by atoms with Gasteiger partial charge < -0.3 is 4.57 Å². The number of rotatable bonds is 1. The Hall–Kier alpha value is -5.22. The molecule has 0 N–H and O–H groups in total. The van der Waals surface area contributed by atoms with E-state index in [-0.39, 0.29) is 0 Å². The van der Waals surface area contributed by atoms with E-state index in [1.165, 1.54) is 100 Å². The Morgan fingerprint density at radius 3 is 1.42 bits per heavy atom. The van der Waals surface area contributed by atoms with Crippen molar-refractivity contribution in [3.63, 3.8) is 0 Å². The molecule has 0 amide bonds. The summed E-state index contributed by atoms with van der Waals surface area (Å²) in [4.78, 5) is 0. The predicted octanol–water partition coefficient (Wildman–Crippen LogP) is 13.0. The Labute approximate surface area is 265 Å². The average molecular weight is 606 g/mol. The molecule has 3 heteroatoms. The minimum Gasteiger partial charge on any atom is -0.308 e. The largest absolute Gasteiger partial charge is 0.308 e. The van der Waals surface area contributed by atoms with Gasteiger partial charge in [-0.15, -0.1) is 22.7 Å². The lowest BCUT2D eigenvalue weighted by atomic mass is 9.94. The summed E-state index contributed by atoms with van der Waals surface area (Å²) in [7, 11) is 0. The lowest BCUT2D eigenvalue weighted by Gasteiger charge is -2.14. The monoisotopic (exact) mass is 605 g/mol. The summed E-state index contributed by atoms with van der Waals surface area (Å²) in [5, 5.41) is 15.9. The maximum absolute atomic E-state index is 2.55. The SMILES string of the molecule is c1ccc2c(c1)sc1c2c2sc3ccccc3c2c2c1c1ccccc1n2-c1ccc2c3ccccc3c3ccccc3c2c1. The third-order valence-electron chi connectivity index (χ3n) is 9.74. The molecule has 0 aliphatic heterocycles. The number of hydrogen-bond donors (Lipinski definition) is 0. The van der Waals surface area contributed by atoms with Crippen LogP contribution in [0.4, 0.5) is 0 Å². The minimum absolute atomic E-state index is 1.20. The molecule has 0 saturated heterocycles. The van der Waals surface area contributed by atoms with Gasteiger partial charge in [0.1, 0.15) is 0 Å². The van der Waals surface area contributed by atoms with Crippen LogP contribution in [-0.2, 0) is 0 Å².